The lowest BCUT2D eigenvalue weighted by Crippen LogP contribution is -1.91. The fourth-order valence-electron chi connectivity index (χ4n) is 1.64. The molecule has 0 saturated heterocycles. The van der Waals surface area contributed by atoms with Crippen molar-refractivity contribution < 1.29 is 9.21 Å². The summed E-state index contributed by atoms with van der Waals surface area (Å²) in [6.07, 6.45) is 1.46. The summed E-state index contributed by atoms with van der Waals surface area (Å²) in [5.74, 6) is 5.29. The molecule has 3 heterocycles. The predicted octanol–water partition coefficient (Wildman–Crippen LogP) is 3.57. The maximum Gasteiger partial charge on any atom is 0.271 e. The first-order chi connectivity index (χ1) is 9.33. The van der Waals surface area contributed by atoms with Crippen LogP contribution in [0.5, 0.6) is 0 Å². The second-order valence-corrected chi connectivity index (χ2v) is 4.77. The number of ketones is 1. The van der Waals surface area contributed by atoms with Crippen LogP contribution in [0.25, 0.3) is 10.6 Å². The highest BCUT2D eigenvalue weighted by Crippen LogP contribution is 2.23. The molecule has 0 radical (unpaired) electrons. The monoisotopic (exact) mass is 267 g/mol. The smallest absolute Gasteiger partial charge is 0.271 e. The van der Waals surface area contributed by atoms with E-state index in [2.05, 4.69) is 16.8 Å². The van der Waals surface area contributed by atoms with E-state index in [4.69, 9.17) is 4.42 Å². The molecular formula is C15H9NO2S. The molecule has 3 aromatic heterocycles. The van der Waals surface area contributed by atoms with Crippen molar-refractivity contribution in [1.29, 1.82) is 0 Å². The van der Waals surface area contributed by atoms with Gasteiger partial charge in [-0.2, -0.15) is 0 Å². The Hall–Kier alpha value is -2.51. The van der Waals surface area contributed by atoms with Crippen LogP contribution >= 0.6 is 11.3 Å². The molecule has 0 atom stereocenters. The highest BCUT2D eigenvalue weighted by molar-refractivity contribution is 7.13. The quantitative estimate of drug-likeness (QED) is 0.570. The van der Waals surface area contributed by atoms with E-state index < -0.39 is 0 Å². The van der Waals surface area contributed by atoms with Crippen molar-refractivity contribution >= 4 is 17.1 Å². The van der Waals surface area contributed by atoms with Crippen molar-refractivity contribution in [1.82, 2.24) is 4.98 Å². The molecule has 1 N–H and O–H groups in total. The Bertz CT molecular complexity index is 740. The van der Waals surface area contributed by atoms with Crippen molar-refractivity contribution in [2.45, 2.75) is 0 Å². The third-order valence-electron chi connectivity index (χ3n) is 2.53. The van der Waals surface area contributed by atoms with Gasteiger partial charge in [-0.1, -0.05) is 6.07 Å². The normalized spacial score (nSPS) is 9.89. The Kier molecular flexibility index (Phi) is 3.05. The van der Waals surface area contributed by atoms with Gasteiger partial charge in [0.15, 0.2) is 5.76 Å². The van der Waals surface area contributed by atoms with Gasteiger partial charge in [0.1, 0.15) is 0 Å². The summed E-state index contributed by atoms with van der Waals surface area (Å²) in [5, 5.41) is 2.02. The van der Waals surface area contributed by atoms with Gasteiger partial charge in [0.2, 0.25) is 0 Å². The Morgan fingerprint density at radius 2 is 2.16 bits per heavy atom. The third kappa shape index (κ3) is 2.51. The number of aromatic amines is 1. The molecule has 0 bridgehead atoms. The van der Waals surface area contributed by atoms with E-state index in [-0.39, 0.29) is 11.5 Å². The van der Waals surface area contributed by atoms with Crippen molar-refractivity contribution in [3.8, 4) is 22.4 Å². The zero-order chi connectivity index (χ0) is 13.1. The molecule has 3 rings (SSSR count). The summed E-state index contributed by atoms with van der Waals surface area (Å²) in [4.78, 5) is 15.9. The number of nitrogens with one attached hydrogen (secondary N) is 1. The summed E-state index contributed by atoms with van der Waals surface area (Å²) in [7, 11) is 0. The molecule has 0 aliphatic carbocycles. The second-order valence-electron chi connectivity index (χ2n) is 3.82. The zero-order valence-electron chi connectivity index (χ0n) is 9.84. The molecule has 3 nitrogen and oxygen atoms in total. The summed E-state index contributed by atoms with van der Waals surface area (Å²) < 4.78 is 4.99. The lowest BCUT2D eigenvalue weighted by Gasteiger charge is -1.89. The molecule has 92 valence electrons. The fraction of sp³-hybridized carbons (Fsp3) is 0. The molecule has 3 aromatic rings. The van der Waals surface area contributed by atoms with Gasteiger partial charge in [-0.05, 0) is 47.6 Å². The van der Waals surface area contributed by atoms with Crippen molar-refractivity contribution in [3.63, 3.8) is 0 Å². The number of furan rings is 1. The van der Waals surface area contributed by atoms with E-state index in [1.165, 1.54) is 6.26 Å². The molecular weight excluding hydrogens is 258 g/mol. The average molecular weight is 267 g/mol. The minimum Gasteiger partial charge on any atom is -0.460 e. The molecule has 0 amide bonds. The van der Waals surface area contributed by atoms with Crippen molar-refractivity contribution in [3.05, 3.63) is 59.5 Å². The fourth-order valence-corrected chi connectivity index (χ4v) is 2.34. The van der Waals surface area contributed by atoms with Gasteiger partial charge in [0.05, 0.1) is 22.5 Å². The Morgan fingerprint density at radius 3 is 2.89 bits per heavy atom. The SMILES string of the molecule is O=C(C#Cc1ccc(-c2cccs2)[nH]1)c1ccco1. The molecule has 0 aliphatic rings. The van der Waals surface area contributed by atoms with E-state index in [0.717, 1.165) is 10.6 Å². The van der Waals surface area contributed by atoms with Crippen LogP contribution in [0.1, 0.15) is 16.2 Å². The summed E-state index contributed by atoms with van der Waals surface area (Å²) in [5.41, 5.74) is 1.72. The first-order valence-corrected chi connectivity index (χ1v) is 6.53. The first-order valence-electron chi connectivity index (χ1n) is 5.66. The number of Topliss-reactive ketones (excluding diaryl/α,β-unsaturated/α-hetero) is 1. The van der Waals surface area contributed by atoms with E-state index in [1.54, 1.807) is 23.5 Å². The number of rotatable bonds is 2. The van der Waals surface area contributed by atoms with Crippen LogP contribution < -0.4 is 0 Å². The topological polar surface area (TPSA) is 46.0 Å². The molecule has 0 saturated carbocycles. The summed E-state index contributed by atoms with van der Waals surface area (Å²) in [6, 6.07) is 11.1. The van der Waals surface area contributed by atoms with Crippen LogP contribution in [0, 0.1) is 11.8 Å². The number of hydrogen-bond acceptors (Lipinski definition) is 3. The van der Waals surface area contributed by atoms with Gasteiger partial charge in [-0.3, -0.25) is 4.79 Å². The number of aromatic nitrogens is 1. The van der Waals surface area contributed by atoms with Crippen LogP contribution in [0.15, 0.2) is 52.5 Å². The van der Waals surface area contributed by atoms with E-state index >= 15 is 0 Å². The Morgan fingerprint density at radius 1 is 1.21 bits per heavy atom. The highest BCUT2D eigenvalue weighted by atomic mass is 32.1. The maximum atomic E-state index is 11.6. The summed E-state index contributed by atoms with van der Waals surface area (Å²) in [6.45, 7) is 0. The lowest BCUT2D eigenvalue weighted by molar-refractivity contribution is 0.103. The van der Waals surface area contributed by atoms with Crippen molar-refractivity contribution in [2.75, 3.05) is 0 Å². The summed E-state index contributed by atoms with van der Waals surface area (Å²) >= 11 is 1.65. The van der Waals surface area contributed by atoms with E-state index in [1.807, 2.05) is 29.6 Å². The molecule has 0 aliphatic heterocycles. The minimum atomic E-state index is -0.322. The lowest BCUT2D eigenvalue weighted by atomic mass is 10.3. The van der Waals surface area contributed by atoms with Crippen LogP contribution in [0.3, 0.4) is 0 Å². The van der Waals surface area contributed by atoms with Gasteiger partial charge in [0, 0.05) is 0 Å². The standard InChI is InChI=1S/C15H9NO2S/c17-13(14-3-1-9-18-14)8-6-11-5-7-12(16-11)15-4-2-10-19-15/h1-5,7,9-10,16H. The number of hydrogen-bond donors (Lipinski definition) is 1. The zero-order valence-corrected chi connectivity index (χ0v) is 10.7. The molecule has 0 unspecified atom stereocenters. The van der Waals surface area contributed by atoms with Crippen molar-refractivity contribution in [2.24, 2.45) is 0 Å². The number of carbonyl (C=O) groups is 1. The van der Waals surface area contributed by atoms with Gasteiger partial charge in [0.25, 0.3) is 5.78 Å². The van der Waals surface area contributed by atoms with Gasteiger partial charge in [-0.25, -0.2) is 0 Å². The van der Waals surface area contributed by atoms with Crippen LogP contribution in [0.2, 0.25) is 0 Å². The average Bonchev–Trinajstić information content (AvgIpc) is 3.14. The minimum absolute atomic E-state index is 0.262. The maximum absolute atomic E-state index is 11.6. The number of carbonyl (C=O) groups excluding carboxylic acids is 1. The highest BCUT2D eigenvalue weighted by Gasteiger charge is 2.04. The van der Waals surface area contributed by atoms with Gasteiger partial charge >= 0.3 is 0 Å². The number of H-pyrrole nitrogens is 1. The molecule has 19 heavy (non-hydrogen) atoms. The van der Waals surface area contributed by atoms with Crippen LogP contribution in [-0.4, -0.2) is 10.8 Å². The largest absolute Gasteiger partial charge is 0.460 e. The third-order valence-corrected chi connectivity index (χ3v) is 3.43. The Labute approximate surface area is 113 Å². The molecule has 4 heteroatoms. The number of thiophene rings is 1. The predicted molar refractivity (Wildman–Crippen MR) is 74.0 cm³/mol. The van der Waals surface area contributed by atoms with E-state index in [9.17, 15) is 4.79 Å². The molecule has 0 aromatic carbocycles. The molecule has 0 spiro atoms. The van der Waals surface area contributed by atoms with Crippen LogP contribution in [0.4, 0.5) is 0 Å². The van der Waals surface area contributed by atoms with Crippen LogP contribution in [-0.2, 0) is 0 Å². The second kappa shape index (κ2) is 5.01. The molecule has 0 fully saturated rings. The van der Waals surface area contributed by atoms with E-state index in [0.29, 0.717) is 5.69 Å². The van der Waals surface area contributed by atoms with Gasteiger partial charge < -0.3 is 9.40 Å². The first kappa shape index (κ1) is 11.6. The van der Waals surface area contributed by atoms with Gasteiger partial charge in [-0.15, -0.1) is 11.3 Å². The Balaban J connectivity index is 1.80.